The summed E-state index contributed by atoms with van der Waals surface area (Å²) in [5, 5.41) is 11.1. The van der Waals surface area contributed by atoms with Crippen LogP contribution in [0.15, 0.2) is 58.4 Å². The van der Waals surface area contributed by atoms with Gasteiger partial charge in [0.1, 0.15) is 12.1 Å². The number of benzene rings is 2. The first-order valence-electron chi connectivity index (χ1n) is 7.38. The normalized spacial score (nSPS) is 10.7. The van der Waals surface area contributed by atoms with E-state index in [1.54, 1.807) is 17.0 Å². The van der Waals surface area contributed by atoms with Crippen molar-refractivity contribution in [3.05, 3.63) is 64.6 Å². The number of carbonyl (C=O) groups excluding carboxylic acids is 1. The Morgan fingerprint density at radius 1 is 1.28 bits per heavy atom. The Kier molecular flexibility index (Phi) is 5.50. The Bertz CT molecular complexity index is 898. The number of hydrogen-bond acceptors (Lipinski definition) is 4. The van der Waals surface area contributed by atoms with Crippen LogP contribution in [-0.2, 0) is 4.79 Å². The van der Waals surface area contributed by atoms with Gasteiger partial charge in [-0.25, -0.2) is 4.39 Å². The zero-order valence-corrected chi connectivity index (χ0v) is 15.6. The van der Waals surface area contributed by atoms with Gasteiger partial charge in [0, 0.05) is 10.2 Å². The molecule has 0 saturated carbocycles. The lowest BCUT2D eigenvalue weighted by atomic mass is 10.2. The molecule has 0 unspecified atom stereocenters. The van der Waals surface area contributed by atoms with E-state index >= 15 is 0 Å². The SMILES string of the molecule is Cc1ccc(-n2cnnc2SCC(=O)Nc2ccc(Br)cc2F)cc1. The lowest BCUT2D eigenvalue weighted by Crippen LogP contribution is -2.15. The van der Waals surface area contributed by atoms with E-state index in [-0.39, 0.29) is 17.3 Å². The van der Waals surface area contributed by atoms with Gasteiger partial charge >= 0.3 is 0 Å². The maximum absolute atomic E-state index is 13.8. The number of amides is 1. The summed E-state index contributed by atoms with van der Waals surface area (Å²) < 4.78 is 16.2. The van der Waals surface area contributed by atoms with Crippen molar-refractivity contribution in [2.75, 3.05) is 11.1 Å². The molecule has 0 radical (unpaired) electrons. The van der Waals surface area contributed by atoms with Crippen molar-refractivity contribution >= 4 is 39.3 Å². The number of hydrogen-bond donors (Lipinski definition) is 1. The summed E-state index contributed by atoms with van der Waals surface area (Å²) in [6.45, 7) is 2.01. The van der Waals surface area contributed by atoms with E-state index in [4.69, 9.17) is 0 Å². The number of aryl methyl sites for hydroxylation is 1. The molecule has 0 spiro atoms. The smallest absolute Gasteiger partial charge is 0.234 e. The summed E-state index contributed by atoms with van der Waals surface area (Å²) in [7, 11) is 0. The van der Waals surface area contributed by atoms with Crippen LogP contribution < -0.4 is 5.32 Å². The van der Waals surface area contributed by atoms with Crippen LogP contribution in [0.3, 0.4) is 0 Å². The molecule has 3 aromatic rings. The summed E-state index contributed by atoms with van der Waals surface area (Å²) in [5.41, 5.74) is 2.22. The molecular weight excluding hydrogens is 407 g/mol. The Morgan fingerprint density at radius 2 is 2.04 bits per heavy atom. The molecule has 0 aliphatic rings. The van der Waals surface area contributed by atoms with E-state index < -0.39 is 5.82 Å². The van der Waals surface area contributed by atoms with E-state index in [0.717, 1.165) is 11.3 Å². The lowest BCUT2D eigenvalue weighted by molar-refractivity contribution is -0.113. The number of carbonyl (C=O) groups is 1. The number of nitrogens with zero attached hydrogens (tertiary/aromatic N) is 3. The largest absolute Gasteiger partial charge is 0.323 e. The second kappa shape index (κ2) is 7.79. The molecule has 3 rings (SSSR count). The van der Waals surface area contributed by atoms with E-state index in [1.807, 2.05) is 31.2 Å². The van der Waals surface area contributed by atoms with Crippen LogP contribution in [0.4, 0.5) is 10.1 Å². The predicted octanol–water partition coefficient (Wildman–Crippen LogP) is 4.21. The van der Waals surface area contributed by atoms with Crippen molar-refractivity contribution in [1.82, 2.24) is 14.8 Å². The first kappa shape index (κ1) is 17.6. The second-order valence-corrected chi connectivity index (χ2v) is 7.14. The quantitative estimate of drug-likeness (QED) is 0.628. The summed E-state index contributed by atoms with van der Waals surface area (Å²) in [6.07, 6.45) is 1.60. The zero-order valence-electron chi connectivity index (χ0n) is 13.2. The van der Waals surface area contributed by atoms with Crippen molar-refractivity contribution in [3.8, 4) is 5.69 Å². The number of thioether (sulfide) groups is 1. The Hall–Kier alpha value is -2.19. The monoisotopic (exact) mass is 420 g/mol. The molecule has 1 heterocycles. The Balaban J connectivity index is 1.65. The molecule has 0 bridgehead atoms. The fourth-order valence-corrected chi connectivity index (χ4v) is 3.17. The molecule has 128 valence electrons. The van der Waals surface area contributed by atoms with Gasteiger partial charge in [-0.1, -0.05) is 45.4 Å². The summed E-state index contributed by atoms with van der Waals surface area (Å²) >= 11 is 4.41. The highest BCUT2D eigenvalue weighted by Gasteiger charge is 2.12. The molecule has 1 N–H and O–H groups in total. The van der Waals surface area contributed by atoms with Gasteiger partial charge in [-0.2, -0.15) is 0 Å². The highest BCUT2D eigenvalue weighted by atomic mass is 79.9. The predicted molar refractivity (Wildman–Crippen MR) is 99.5 cm³/mol. The van der Waals surface area contributed by atoms with Crippen LogP contribution in [0.5, 0.6) is 0 Å². The highest BCUT2D eigenvalue weighted by molar-refractivity contribution is 9.10. The number of nitrogens with one attached hydrogen (secondary N) is 1. The van der Waals surface area contributed by atoms with Crippen LogP contribution >= 0.6 is 27.7 Å². The summed E-state index contributed by atoms with van der Waals surface area (Å²) in [6, 6.07) is 12.4. The topological polar surface area (TPSA) is 59.8 Å². The van der Waals surface area contributed by atoms with Gasteiger partial charge in [0.2, 0.25) is 5.91 Å². The Labute approximate surface area is 156 Å². The fourth-order valence-electron chi connectivity index (χ4n) is 2.11. The molecule has 0 fully saturated rings. The minimum Gasteiger partial charge on any atom is -0.323 e. The zero-order chi connectivity index (χ0) is 17.8. The van der Waals surface area contributed by atoms with Crippen LogP contribution in [0.2, 0.25) is 0 Å². The van der Waals surface area contributed by atoms with E-state index in [2.05, 4.69) is 31.4 Å². The fraction of sp³-hybridized carbons (Fsp3) is 0.118. The first-order chi connectivity index (χ1) is 12.0. The standard InChI is InChI=1S/C17H14BrFN4OS/c1-11-2-5-13(6-3-11)23-10-20-22-17(23)25-9-16(24)21-15-7-4-12(18)8-14(15)19/h2-8,10H,9H2,1H3,(H,21,24). The third kappa shape index (κ3) is 4.46. The molecule has 2 aromatic carbocycles. The minimum atomic E-state index is -0.490. The van der Waals surface area contributed by atoms with Crippen molar-refractivity contribution < 1.29 is 9.18 Å². The van der Waals surface area contributed by atoms with Gasteiger partial charge in [0.25, 0.3) is 0 Å². The van der Waals surface area contributed by atoms with Gasteiger partial charge in [-0.3, -0.25) is 9.36 Å². The molecule has 0 atom stereocenters. The second-order valence-electron chi connectivity index (χ2n) is 5.28. The maximum Gasteiger partial charge on any atom is 0.234 e. The molecular formula is C17H14BrFN4OS. The minimum absolute atomic E-state index is 0.0973. The van der Waals surface area contributed by atoms with Crippen LogP contribution in [0, 0.1) is 12.7 Å². The van der Waals surface area contributed by atoms with Crippen molar-refractivity contribution in [3.63, 3.8) is 0 Å². The average molecular weight is 421 g/mol. The van der Waals surface area contributed by atoms with Crippen molar-refractivity contribution in [1.29, 1.82) is 0 Å². The van der Waals surface area contributed by atoms with Gasteiger partial charge in [0.05, 0.1) is 11.4 Å². The van der Waals surface area contributed by atoms with Gasteiger partial charge < -0.3 is 5.32 Å². The first-order valence-corrected chi connectivity index (χ1v) is 9.15. The highest BCUT2D eigenvalue weighted by Crippen LogP contribution is 2.22. The summed E-state index contributed by atoms with van der Waals surface area (Å²) in [4.78, 5) is 12.1. The number of halogens is 2. The van der Waals surface area contributed by atoms with E-state index in [9.17, 15) is 9.18 Å². The van der Waals surface area contributed by atoms with Gasteiger partial charge in [-0.15, -0.1) is 10.2 Å². The Morgan fingerprint density at radius 3 is 2.76 bits per heavy atom. The molecule has 1 aromatic heterocycles. The van der Waals surface area contributed by atoms with Gasteiger partial charge in [-0.05, 0) is 37.3 Å². The average Bonchev–Trinajstić information content (AvgIpc) is 3.05. The molecule has 0 saturated heterocycles. The van der Waals surface area contributed by atoms with E-state index in [1.165, 1.54) is 23.9 Å². The number of aromatic nitrogens is 3. The molecule has 8 heteroatoms. The lowest BCUT2D eigenvalue weighted by Gasteiger charge is -2.08. The third-order valence-electron chi connectivity index (χ3n) is 3.37. The molecule has 25 heavy (non-hydrogen) atoms. The van der Waals surface area contributed by atoms with Crippen LogP contribution in [0.25, 0.3) is 5.69 Å². The van der Waals surface area contributed by atoms with Crippen molar-refractivity contribution in [2.45, 2.75) is 12.1 Å². The number of rotatable bonds is 5. The van der Waals surface area contributed by atoms with Crippen LogP contribution in [0.1, 0.15) is 5.56 Å². The van der Waals surface area contributed by atoms with E-state index in [0.29, 0.717) is 9.63 Å². The van der Waals surface area contributed by atoms with Gasteiger partial charge in [0.15, 0.2) is 5.16 Å². The molecule has 0 aliphatic carbocycles. The van der Waals surface area contributed by atoms with Crippen LogP contribution in [-0.4, -0.2) is 26.4 Å². The maximum atomic E-state index is 13.8. The summed E-state index contributed by atoms with van der Waals surface area (Å²) in [5.74, 6) is -0.708. The molecule has 5 nitrogen and oxygen atoms in total. The van der Waals surface area contributed by atoms with Crippen molar-refractivity contribution in [2.24, 2.45) is 0 Å². The molecule has 1 amide bonds. The number of anilines is 1. The molecule has 0 aliphatic heterocycles. The third-order valence-corrected chi connectivity index (χ3v) is 4.80.